The Morgan fingerprint density at radius 1 is 1.42 bits per heavy atom. The smallest absolute Gasteiger partial charge is 0.204 e. The van der Waals surface area contributed by atoms with Crippen molar-refractivity contribution in [3.8, 4) is 5.75 Å². The monoisotopic (exact) mass is 266 g/mol. The van der Waals surface area contributed by atoms with Gasteiger partial charge in [-0.1, -0.05) is 0 Å². The fourth-order valence-corrected chi connectivity index (χ4v) is 2.48. The highest BCUT2D eigenvalue weighted by Gasteiger charge is 2.38. The molecule has 0 unspecified atom stereocenters. The van der Waals surface area contributed by atoms with Crippen molar-refractivity contribution in [2.45, 2.75) is 19.4 Å². The molecule has 1 aliphatic heterocycles. The van der Waals surface area contributed by atoms with Crippen molar-refractivity contribution in [2.24, 2.45) is 7.05 Å². The fourth-order valence-electron chi connectivity index (χ4n) is 2.48. The molecule has 6 nitrogen and oxygen atoms in total. The van der Waals surface area contributed by atoms with Crippen LogP contribution < -0.4 is 10.1 Å². The van der Waals surface area contributed by atoms with E-state index in [1.165, 1.54) is 0 Å². The molecule has 0 aliphatic carbocycles. The molecule has 1 aliphatic rings. The maximum absolute atomic E-state index is 12.8. The molecule has 0 radical (unpaired) electrons. The lowest BCUT2D eigenvalue weighted by Crippen LogP contribution is -2.57. The van der Waals surface area contributed by atoms with Crippen molar-refractivity contribution in [3.63, 3.8) is 0 Å². The Balaban J connectivity index is 2.28. The lowest BCUT2D eigenvalue weighted by molar-refractivity contribution is 0.0589. The zero-order valence-corrected chi connectivity index (χ0v) is 12.1. The van der Waals surface area contributed by atoms with Gasteiger partial charge in [-0.2, -0.15) is 5.10 Å². The van der Waals surface area contributed by atoms with Crippen molar-refractivity contribution in [1.29, 1.82) is 0 Å². The van der Waals surface area contributed by atoms with Crippen molar-refractivity contribution < 1.29 is 9.53 Å². The first-order valence-electron chi connectivity index (χ1n) is 6.55. The molecule has 0 atom stereocenters. The number of carbonyl (C=O) groups is 1. The number of aromatic nitrogens is 2. The van der Waals surface area contributed by atoms with E-state index < -0.39 is 5.54 Å². The largest absolute Gasteiger partial charge is 0.493 e. The van der Waals surface area contributed by atoms with Crippen LogP contribution in [-0.2, 0) is 7.05 Å². The van der Waals surface area contributed by atoms with E-state index in [0.29, 0.717) is 11.4 Å². The van der Waals surface area contributed by atoms with E-state index in [9.17, 15) is 4.79 Å². The van der Waals surface area contributed by atoms with Gasteiger partial charge in [0.2, 0.25) is 5.78 Å². The molecule has 0 saturated carbocycles. The number of Topliss-reactive ketones (excluding diaryl/α,β-unsaturated/α-hetero) is 1. The summed E-state index contributed by atoms with van der Waals surface area (Å²) in [7, 11) is 3.33. The molecule has 1 N–H and O–H groups in total. The highest BCUT2D eigenvalue weighted by molar-refractivity contribution is 6.03. The van der Waals surface area contributed by atoms with Crippen LogP contribution in [-0.4, -0.2) is 59.3 Å². The normalized spacial score (nSPS) is 17.5. The Hall–Kier alpha value is -1.40. The number of hydrogen-bond acceptors (Lipinski definition) is 5. The predicted octanol–water partition coefficient (Wildman–Crippen LogP) is 0.295. The minimum absolute atomic E-state index is 0.0475. The quantitative estimate of drug-likeness (QED) is 0.794. The number of nitrogens with one attached hydrogen (secondary N) is 1. The highest BCUT2D eigenvalue weighted by atomic mass is 16.5. The van der Waals surface area contributed by atoms with Crippen LogP contribution >= 0.6 is 0 Å². The van der Waals surface area contributed by atoms with Gasteiger partial charge < -0.3 is 10.1 Å². The molecular formula is C13H22N4O2. The zero-order valence-electron chi connectivity index (χ0n) is 12.1. The average Bonchev–Trinajstić information content (AvgIpc) is 2.79. The van der Waals surface area contributed by atoms with E-state index >= 15 is 0 Å². The molecule has 2 rings (SSSR count). The minimum Gasteiger partial charge on any atom is -0.493 e. The third-order valence-electron chi connectivity index (χ3n) is 3.80. The van der Waals surface area contributed by atoms with E-state index in [4.69, 9.17) is 4.74 Å². The molecule has 0 bridgehead atoms. The molecule has 1 saturated heterocycles. The van der Waals surface area contributed by atoms with E-state index in [1.54, 1.807) is 25.0 Å². The molecular weight excluding hydrogens is 244 g/mol. The van der Waals surface area contributed by atoms with Crippen molar-refractivity contribution in [2.75, 3.05) is 33.3 Å². The second-order valence-corrected chi connectivity index (χ2v) is 5.31. The predicted molar refractivity (Wildman–Crippen MR) is 72.6 cm³/mol. The van der Waals surface area contributed by atoms with Gasteiger partial charge in [0.25, 0.3) is 0 Å². The number of aryl methyl sites for hydroxylation is 1. The Labute approximate surface area is 113 Å². The summed E-state index contributed by atoms with van der Waals surface area (Å²) >= 11 is 0. The summed E-state index contributed by atoms with van der Waals surface area (Å²) in [5.41, 5.74) is -0.0190. The second kappa shape index (κ2) is 5.30. The molecule has 6 heteroatoms. The lowest BCUT2D eigenvalue weighted by atomic mass is 9.93. The maximum atomic E-state index is 12.8. The standard InChI is InChI=1S/C13H22N4O2/c1-13(2,17-7-5-14-6-8-17)12(18)11-10(19-4)9-15-16(11)3/h9,14H,5-8H2,1-4H3. The van der Waals surface area contributed by atoms with Crippen LogP contribution in [0.3, 0.4) is 0 Å². The lowest BCUT2D eigenvalue weighted by Gasteiger charge is -2.39. The van der Waals surface area contributed by atoms with Crippen LogP contribution in [0.5, 0.6) is 5.75 Å². The number of carbonyl (C=O) groups excluding carboxylic acids is 1. The Bertz CT molecular complexity index is 461. The summed E-state index contributed by atoms with van der Waals surface area (Å²) in [5.74, 6) is 0.585. The number of nitrogens with zero attached hydrogens (tertiary/aromatic N) is 3. The molecule has 0 spiro atoms. The summed E-state index contributed by atoms with van der Waals surface area (Å²) in [6, 6.07) is 0. The number of hydrogen-bond donors (Lipinski definition) is 1. The summed E-state index contributed by atoms with van der Waals surface area (Å²) in [6.45, 7) is 7.51. The molecule has 1 aromatic rings. The average molecular weight is 266 g/mol. The van der Waals surface area contributed by atoms with Crippen LogP contribution in [0, 0.1) is 0 Å². The summed E-state index contributed by atoms with van der Waals surface area (Å²) < 4.78 is 6.82. The zero-order chi connectivity index (χ0) is 14.0. The van der Waals surface area contributed by atoms with E-state index in [1.807, 2.05) is 13.8 Å². The van der Waals surface area contributed by atoms with Gasteiger partial charge in [0, 0.05) is 33.2 Å². The molecule has 19 heavy (non-hydrogen) atoms. The third-order valence-corrected chi connectivity index (χ3v) is 3.80. The van der Waals surface area contributed by atoms with Crippen molar-refractivity contribution in [3.05, 3.63) is 11.9 Å². The summed E-state index contributed by atoms with van der Waals surface area (Å²) in [4.78, 5) is 15.0. The van der Waals surface area contributed by atoms with Crippen molar-refractivity contribution in [1.82, 2.24) is 20.0 Å². The molecule has 0 aromatic carbocycles. The van der Waals surface area contributed by atoms with E-state index in [0.717, 1.165) is 26.2 Å². The van der Waals surface area contributed by atoms with E-state index in [2.05, 4.69) is 15.3 Å². The number of ether oxygens (including phenoxy) is 1. The topological polar surface area (TPSA) is 59.4 Å². The van der Waals surface area contributed by atoms with Crippen LogP contribution in [0.1, 0.15) is 24.3 Å². The van der Waals surface area contributed by atoms with Gasteiger partial charge in [-0.3, -0.25) is 14.4 Å². The van der Waals surface area contributed by atoms with Gasteiger partial charge in [0.1, 0.15) is 5.69 Å². The molecule has 1 fully saturated rings. The van der Waals surface area contributed by atoms with Gasteiger partial charge in [0.05, 0.1) is 18.8 Å². The molecule has 0 amide bonds. The van der Waals surface area contributed by atoms with Crippen LogP contribution in [0.15, 0.2) is 6.20 Å². The van der Waals surface area contributed by atoms with Crippen LogP contribution in [0.4, 0.5) is 0 Å². The highest BCUT2D eigenvalue weighted by Crippen LogP contribution is 2.26. The Morgan fingerprint density at radius 3 is 2.63 bits per heavy atom. The minimum atomic E-state index is -0.552. The maximum Gasteiger partial charge on any atom is 0.204 e. The number of ketones is 1. The first kappa shape index (κ1) is 14.0. The Kier molecular flexibility index (Phi) is 3.91. The number of piperazine rings is 1. The fraction of sp³-hybridized carbons (Fsp3) is 0.692. The molecule has 106 valence electrons. The number of methoxy groups -OCH3 is 1. The van der Waals surface area contributed by atoms with Gasteiger partial charge in [-0.15, -0.1) is 0 Å². The third kappa shape index (κ3) is 2.50. The van der Waals surface area contributed by atoms with E-state index in [-0.39, 0.29) is 5.78 Å². The van der Waals surface area contributed by atoms with Crippen molar-refractivity contribution >= 4 is 5.78 Å². The van der Waals surface area contributed by atoms with Gasteiger partial charge in [-0.05, 0) is 13.8 Å². The van der Waals surface area contributed by atoms with Gasteiger partial charge in [-0.25, -0.2) is 0 Å². The van der Waals surface area contributed by atoms with Gasteiger partial charge in [0.15, 0.2) is 5.75 Å². The van der Waals surface area contributed by atoms with Crippen LogP contribution in [0.25, 0.3) is 0 Å². The molecule has 2 heterocycles. The second-order valence-electron chi connectivity index (χ2n) is 5.31. The Morgan fingerprint density at radius 2 is 2.05 bits per heavy atom. The first-order valence-corrected chi connectivity index (χ1v) is 6.55. The summed E-state index contributed by atoms with van der Waals surface area (Å²) in [5, 5.41) is 7.41. The molecule has 1 aromatic heterocycles. The summed E-state index contributed by atoms with van der Waals surface area (Å²) in [6.07, 6.45) is 1.58. The SMILES string of the molecule is COc1cnn(C)c1C(=O)C(C)(C)N1CCNCC1. The van der Waals surface area contributed by atoms with Crippen LogP contribution in [0.2, 0.25) is 0 Å². The number of rotatable bonds is 4. The van der Waals surface area contributed by atoms with Gasteiger partial charge >= 0.3 is 0 Å². The first-order chi connectivity index (χ1) is 8.98.